The molecule has 3 aromatic carbocycles. The molecule has 5 rings (SSSR count). The third-order valence-corrected chi connectivity index (χ3v) is 7.04. The number of anilines is 2. The topological polar surface area (TPSA) is 110 Å². The van der Waals surface area contributed by atoms with E-state index in [1.54, 1.807) is 30.6 Å². The fraction of sp³-hybridized carbons (Fsp3) is 0.200. The minimum absolute atomic E-state index is 0.0127. The van der Waals surface area contributed by atoms with Gasteiger partial charge in [0.15, 0.2) is 0 Å². The number of hydrogen-bond donors (Lipinski definition) is 2. The van der Waals surface area contributed by atoms with E-state index >= 15 is 0 Å². The van der Waals surface area contributed by atoms with Gasteiger partial charge in [0.05, 0.1) is 30.3 Å². The zero-order chi connectivity index (χ0) is 29.1. The van der Waals surface area contributed by atoms with Gasteiger partial charge in [-0.05, 0) is 66.6 Å². The molecule has 3 N–H and O–H groups in total. The fourth-order valence-corrected chi connectivity index (χ4v) is 4.99. The second kappa shape index (κ2) is 11.4. The Labute approximate surface area is 234 Å². The largest absolute Gasteiger partial charge is 0.465 e. The summed E-state index contributed by atoms with van der Waals surface area (Å²) >= 11 is 0. The van der Waals surface area contributed by atoms with E-state index in [1.165, 1.54) is 37.4 Å². The first kappa shape index (κ1) is 27.8. The maximum Gasteiger partial charge on any atom is 0.416 e. The number of nitrogens with one attached hydrogen (secondary N) is 1. The number of ether oxygens (including phenoxy) is 1. The average Bonchev–Trinajstić information content (AvgIpc) is 3.37. The standard InChI is InChI=1S/C30H26F3N5O3/c1-41-29(40)23-5-2-4-22(25(23)18-6-8-19(9-7-18)30(31,32)33)28(39)37-20-10-12-21(13-11-20)38-17-14-24(26(38)34)27-35-15-3-16-36-27/h2-13,15-16,24,26H,14,17,34H2,1H3,(H,37,39). The van der Waals surface area contributed by atoms with Gasteiger partial charge in [-0.25, -0.2) is 14.8 Å². The van der Waals surface area contributed by atoms with Crippen LogP contribution in [0.3, 0.4) is 0 Å². The van der Waals surface area contributed by atoms with Gasteiger partial charge in [0.2, 0.25) is 0 Å². The Morgan fingerprint density at radius 1 is 0.951 bits per heavy atom. The van der Waals surface area contributed by atoms with Gasteiger partial charge in [0, 0.05) is 41.4 Å². The predicted molar refractivity (Wildman–Crippen MR) is 147 cm³/mol. The van der Waals surface area contributed by atoms with Crippen LogP contribution in [0.1, 0.15) is 44.4 Å². The molecule has 2 unspecified atom stereocenters. The summed E-state index contributed by atoms with van der Waals surface area (Å²) in [6, 6.07) is 17.6. The third-order valence-electron chi connectivity index (χ3n) is 7.04. The zero-order valence-corrected chi connectivity index (χ0v) is 21.9. The van der Waals surface area contributed by atoms with Crippen molar-refractivity contribution in [2.75, 3.05) is 23.9 Å². The molecule has 41 heavy (non-hydrogen) atoms. The maximum absolute atomic E-state index is 13.4. The highest BCUT2D eigenvalue weighted by Crippen LogP contribution is 2.35. The van der Waals surface area contributed by atoms with Crippen molar-refractivity contribution in [3.05, 3.63) is 108 Å². The molecule has 0 radical (unpaired) electrons. The van der Waals surface area contributed by atoms with Crippen LogP contribution in [-0.2, 0) is 10.9 Å². The van der Waals surface area contributed by atoms with Crippen molar-refractivity contribution in [1.82, 2.24) is 9.97 Å². The van der Waals surface area contributed by atoms with Gasteiger partial charge in [-0.1, -0.05) is 18.2 Å². The van der Waals surface area contributed by atoms with Crippen LogP contribution in [0.2, 0.25) is 0 Å². The molecule has 1 fully saturated rings. The number of benzene rings is 3. The van der Waals surface area contributed by atoms with Crippen molar-refractivity contribution in [3.63, 3.8) is 0 Å². The number of methoxy groups -OCH3 is 1. The summed E-state index contributed by atoms with van der Waals surface area (Å²) in [4.78, 5) is 36.6. The van der Waals surface area contributed by atoms with Crippen LogP contribution in [0.5, 0.6) is 0 Å². The van der Waals surface area contributed by atoms with Crippen molar-refractivity contribution in [1.29, 1.82) is 0 Å². The Kier molecular flexibility index (Phi) is 7.71. The van der Waals surface area contributed by atoms with Crippen molar-refractivity contribution < 1.29 is 27.5 Å². The normalized spacial score (nSPS) is 16.9. The molecule has 8 nitrogen and oxygen atoms in total. The van der Waals surface area contributed by atoms with E-state index in [2.05, 4.69) is 20.2 Å². The molecule has 0 aliphatic carbocycles. The quantitative estimate of drug-likeness (QED) is 0.300. The summed E-state index contributed by atoms with van der Waals surface area (Å²) < 4.78 is 44.2. The van der Waals surface area contributed by atoms with E-state index in [1.807, 2.05) is 12.1 Å². The lowest BCUT2D eigenvalue weighted by molar-refractivity contribution is -0.137. The number of nitrogens with zero attached hydrogens (tertiary/aromatic N) is 3. The number of rotatable bonds is 6. The number of aromatic nitrogens is 2. The Balaban J connectivity index is 1.38. The van der Waals surface area contributed by atoms with Crippen LogP contribution < -0.4 is 16.0 Å². The number of hydrogen-bond acceptors (Lipinski definition) is 7. The van der Waals surface area contributed by atoms with Crippen molar-refractivity contribution in [2.45, 2.75) is 24.7 Å². The summed E-state index contributed by atoms with van der Waals surface area (Å²) in [5.74, 6) is -0.580. The van der Waals surface area contributed by atoms with Crippen LogP contribution in [0.4, 0.5) is 24.5 Å². The molecule has 0 bridgehead atoms. The molecule has 1 aliphatic heterocycles. The molecule has 1 aromatic heterocycles. The number of esters is 1. The van der Waals surface area contributed by atoms with E-state index < -0.39 is 23.6 Å². The summed E-state index contributed by atoms with van der Waals surface area (Å²) in [5.41, 5.74) is 7.60. The van der Waals surface area contributed by atoms with Crippen LogP contribution in [0.15, 0.2) is 85.2 Å². The second-order valence-electron chi connectivity index (χ2n) is 9.48. The minimum atomic E-state index is -4.53. The Hall–Kier alpha value is -4.77. The molecular formula is C30H26F3N5O3. The Bertz CT molecular complexity index is 1540. The van der Waals surface area contributed by atoms with Crippen LogP contribution >= 0.6 is 0 Å². The second-order valence-corrected chi connectivity index (χ2v) is 9.48. The molecule has 0 spiro atoms. The predicted octanol–water partition coefficient (Wildman–Crippen LogP) is 5.48. The summed E-state index contributed by atoms with van der Waals surface area (Å²) in [6.07, 6.45) is -0.655. The molecule has 1 aliphatic rings. The Morgan fingerprint density at radius 2 is 1.61 bits per heavy atom. The van der Waals surface area contributed by atoms with E-state index in [0.717, 1.165) is 24.2 Å². The SMILES string of the molecule is COC(=O)c1cccc(C(=O)Nc2ccc(N3CCC(c4ncccn4)C3N)cc2)c1-c1ccc(C(F)(F)F)cc1. The molecule has 1 saturated heterocycles. The van der Waals surface area contributed by atoms with E-state index in [4.69, 9.17) is 10.5 Å². The van der Waals surface area contributed by atoms with Crippen molar-refractivity contribution >= 4 is 23.3 Å². The Morgan fingerprint density at radius 3 is 2.24 bits per heavy atom. The summed E-state index contributed by atoms with van der Waals surface area (Å²) in [6.45, 7) is 0.715. The molecule has 11 heteroatoms. The molecular weight excluding hydrogens is 535 g/mol. The number of nitrogens with two attached hydrogens (primary N) is 1. The maximum atomic E-state index is 13.4. The fourth-order valence-electron chi connectivity index (χ4n) is 4.99. The van der Waals surface area contributed by atoms with Gasteiger partial charge in [-0.2, -0.15) is 13.2 Å². The average molecular weight is 562 g/mol. The first-order valence-corrected chi connectivity index (χ1v) is 12.8. The van der Waals surface area contributed by atoms with Gasteiger partial charge >= 0.3 is 12.1 Å². The van der Waals surface area contributed by atoms with Gasteiger partial charge in [0.25, 0.3) is 5.91 Å². The van der Waals surface area contributed by atoms with Crippen LogP contribution in [0.25, 0.3) is 11.1 Å². The summed E-state index contributed by atoms with van der Waals surface area (Å²) in [5, 5.41) is 2.81. The molecule has 0 saturated carbocycles. The van der Waals surface area contributed by atoms with E-state index in [-0.39, 0.29) is 34.3 Å². The van der Waals surface area contributed by atoms with Gasteiger partial charge < -0.3 is 20.7 Å². The summed E-state index contributed by atoms with van der Waals surface area (Å²) in [7, 11) is 1.19. The van der Waals surface area contributed by atoms with E-state index in [0.29, 0.717) is 18.1 Å². The zero-order valence-electron chi connectivity index (χ0n) is 21.9. The molecule has 2 atom stereocenters. The minimum Gasteiger partial charge on any atom is -0.465 e. The smallest absolute Gasteiger partial charge is 0.416 e. The molecule has 2 heterocycles. The number of amides is 1. The van der Waals surface area contributed by atoms with Crippen molar-refractivity contribution in [3.8, 4) is 11.1 Å². The number of halogens is 3. The first-order chi connectivity index (χ1) is 19.7. The highest BCUT2D eigenvalue weighted by Gasteiger charge is 2.34. The van der Waals surface area contributed by atoms with Gasteiger partial charge in [-0.3, -0.25) is 4.79 Å². The van der Waals surface area contributed by atoms with Gasteiger partial charge in [0.1, 0.15) is 5.82 Å². The lowest BCUT2D eigenvalue weighted by atomic mass is 9.93. The first-order valence-electron chi connectivity index (χ1n) is 12.8. The third kappa shape index (κ3) is 5.75. The molecule has 210 valence electrons. The molecule has 4 aromatic rings. The van der Waals surface area contributed by atoms with Gasteiger partial charge in [-0.15, -0.1) is 0 Å². The number of carbonyl (C=O) groups excluding carboxylic acids is 2. The molecule has 1 amide bonds. The monoisotopic (exact) mass is 561 g/mol. The van der Waals surface area contributed by atoms with Crippen LogP contribution in [0, 0.1) is 0 Å². The number of carbonyl (C=O) groups is 2. The highest BCUT2D eigenvalue weighted by molar-refractivity contribution is 6.12. The lowest BCUT2D eigenvalue weighted by Crippen LogP contribution is -2.40. The highest BCUT2D eigenvalue weighted by atomic mass is 19.4. The van der Waals surface area contributed by atoms with Crippen molar-refractivity contribution in [2.24, 2.45) is 5.73 Å². The van der Waals surface area contributed by atoms with Crippen LogP contribution in [-0.4, -0.2) is 41.7 Å². The number of alkyl halides is 3. The van der Waals surface area contributed by atoms with E-state index in [9.17, 15) is 22.8 Å². The lowest BCUT2D eigenvalue weighted by Gasteiger charge is -2.26.